The van der Waals surface area contributed by atoms with Gasteiger partial charge >= 0.3 is 27.9 Å². The summed E-state index contributed by atoms with van der Waals surface area (Å²) in [4.78, 5) is 0. The van der Waals surface area contributed by atoms with Gasteiger partial charge in [0.05, 0.1) is 0 Å². The number of alkyl halides is 11. The molecule has 0 aromatic rings. The van der Waals surface area contributed by atoms with E-state index in [2.05, 4.69) is 4.74 Å². The molecule has 0 N–H and O–H groups in total. The molecule has 0 unspecified atom stereocenters. The number of ether oxygens (including phenoxy) is 1. The van der Waals surface area contributed by atoms with Crippen molar-refractivity contribution >= 4 is 31.9 Å². The molecule has 0 saturated carbocycles. The Kier molecular flexibility index (Phi) is 5.43. The van der Waals surface area contributed by atoms with Gasteiger partial charge in [0.15, 0.2) is 0 Å². The van der Waals surface area contributed by atoms with Crippen LogP contribution in [-0.2, 0) is 4.74 Å². The molecule has 0 amide bonds. The second kappa shape index (κ2) is 5.35. The first kappa shape index (κ1) is 18.3. The number of halogens is 11. The average molecular weight is 422 g/mol. The highest BCUT2D eigenvalue weighted by molar-refractivity contribution is 9.12. The molecule has 0 heterocycles. The Balaban J connectivity index is 4.88. The maximum Gasteiger partial charge on any atom is 0.439 e. The molecule has 0 spiro atoms. The first-order chi connectivity index (χ1) is 7.65. The van der Waals surface area contributed by atoms with Crippen molar-refractivity contribution in [3.8, 4) is 0 Å². The fraction of sp³-hybridized carbons (Fsp3) is 1.00. The standard InChI is InChI=1S/C6H3Br2F9O/c7-4(13,6(15,16)17)5(8,14)18-1-3(11,12)2(9)10/h2H,1H2/t4-,5-/m0/s1. The van der Waals surface area contributed by atoms with Crippen LogP contribution in [0, 0.1) is 0 Å². The van der Waals surface area contributed by atoms with Gasteiger partial charge in [-0.05, 0) is 31.9 Å². The maximum absolute atomic E-state index is 13.1. The first-order valence-corrected chi connectivity index (χ1v) is 5.36. The monoisotopic (exact) mass is 420 g/mol. The lowest BCUT2D eigenvalue weighted by Crippen LogP contribution is -2.52. The van der Waals surface area contributed by atoms with Crippen LogP contribution in [0.25, 0.3) is 0 Å². The van der Waals surface area contributed by atoms with Gasteiger partial charge < -0.3 is 4.74 Å². The lowest BCUT2D eigenvalue weighted by Gasteiger charge is -2.32. The van der Waals surface area contributed by atoms with Gasteiger partial charge in [0.25, 0.3) is 0 Å². The third-order valence-electron chi connectivity index (χ3n) is 1.49. The van der Waals surface area contributed by atoms with Gasteiger partial charge in [-0.25, -0.2) is 13.2 Å². The highest BCUT2D eigenvalue weighted by Gasteiger charge is 2.69. The Bertz CT molecular complexity index is 287. The Labute approximate surface area is 111 Å². The van der Waals surface area contributed by atoms with E-state index in [1.807, 2.05) is 0 Å². The first-order valence-electron chi connectivity index (χ1n) is 3.77. The zero-order valence-electron chi connectivity index (χ0n) is 7.85. The van der Waals surface area contributed by atoms with Gasteiger partial charge in [-0.3, -0.25) is 0 Å². The smallest absolute Gasteiger partial charge is 0.327 e. The van der Waals surface area contributed by atoms with E-state index >= 15 is 0 Å². The van der Waals surface area contributed by atoms with Crippen LogP contribution in [0.4, 0.5) is 39.5 Å². The predicted octanol–water partition coefficient (Wildman–Crippen LogP) is 4.54. The van der Waals surface area contributed by atoms with Crippen LogP contribution in [0.3, 0.4) is 0 Å². The summed E-state index contributed by atoms with van der Waals surface area (Å²) in [5, 5.41) is 0. The Morgan fingerprint density at radius 3 is 1.56 bits per heavy atom. The number of hydrogen-bond acceptors (Lipinski definition) is 1. The molecule has 0 bridgehead atoms. The Morgan fingerprint density at radius 2 is 1.28 bits per heavy atom. The molecule has 0 fully saturated rings. The Hall–Kier alpha value is 0.290. The number of hydrogen-bond donors (Lipinski definition) is 0. The molecule has 0 aliphatic heterocycles. The summed E-state index contributed by atoms with van der Waals surface area (Å²) in [5.41, 5.74) is 0. The lowest BCUT2D eigenvalue weighted by atomic mass is 10.3. The molecule has 0 radical (unpaired) electrons. The van der Waals surface area contributed by atoms with E-state index in [-0.39, 0.29) is 0 Å². The zero-order chi connectivity index (χ0) is 15.0. The van der Waals surface area contributed by atoms with E-state index in [0.717, 1.165) is 0 Å². The van der Waals surface area contributed by atoms with Crippen molar-refractivity contribution in [1.82, 2.24) is 0 Å². The molecule has 110 valence electrons. The highest BCUT2D eigenvalue weighted by atomic mass is 79.9. The van der Waals surface area contributed by atoms with Gasteiger partial charge in [-0.1, -0.05) is 0 Å². The minimum atomic E-state index is -5.88. The van der Waals surface area contributed by atoms with Gasteiger partial charge in [0.1, 0.15) is 6.61 Å². The van der Waals surface area contributed by atoms with Crippen molar-refractivity contribution < 1.29 is 44.3 Å². The van der Waals surface area contributed by atoms with Crippen LogP contribution in [0.1, 0.15) is 0 Å². The van der Waals surface area contributed by atoms with Crippen LogP contribution in [0.2, 0.25) is 0 Å². The van der Waals surface area contributed by atoms with Crippen molar-refractivity contribution in [1.29, 1.82) is 0 Å². The Morgan fingerprint density at radius 1 is 0.889 bits per heavy atom. The summed E-state index contributed by atoms with van der Waals surface area (Å²) in [6.45, 7) is -2.46. The minimum Gasteiger partial charge on any atom is -0.327 e. The lowest BCUT2D eigenvalue weighted by molar-refractivity contribution is -0.277. The van der Waals surface area contributed by atoms with E-state index in [0.29, 0.717) is 0 Å². The molecule has 12 heteroatoms. The van der Waals surface area contributed by atoms with Crippen molar-refractivity contribution in [2.45, 2.75) is 27.9 Å². The summed E-state index contributed by atoms with van der Waals surface area (Å²) >= 11 is 2.69. The van der Waals surface area contributed by atoms with E-state index in [1.54, 1.807) is 0 Å². The fourth-order valence-electron chi connectivity index (χ4n) is 0.505. The van der Waals surface area contributed by atoms with Crippen molar-refractivity contribution in [2.75, 3.05) is 6.61 Å². The zero-order valence-corrected chi connectivity index (χ0v) is 11.0. The SMILES string of the molecule is FC(F)C(F)(F)CO[C@](F)(Br)[C@@](F)(Br)C(F)(F)F. The molecular weight excluding hydrogens is 419 g/mol. The largest absolute Gasteiger partial charge is 0.439 e. The van der Waals surface area contributed by atoms with Crippen LogP contribution >= 0.6 is 31.9 Å². The van der Waals surface area contributed by atoms with E-state index in [4.69, 9.17) is 0 Å². The minimum absolute atomic E-state index is 1.26. The topological polar surface area (TPSA) is 9.23 Å². The van der Waals surface area contributed by atoms with Crippen molar-refractivity contribution in [3.05, 3.63) is 0 Å². The summed E-state index contributed by atoms with van der Waals surface area (Å²) in [5.74, 6) is -4.93. The molecule has 0 saturated heterocycles. The van der Waals surface area contributed by atoms with Crippen molar-refractivity contribution in [3.63, 3.8) is 0 Å². The molecule has 2 atom stereocenters. The molecule has 0 aliphatic rings. The average Bonchev–Trinajstić information content (AvgIpc) is 2.12. The summed E-state index contributed by atoms with van der Waals surface area (Å²) in [6, 6.07) is 0. The molecule has 1 nitrogen and oxygen atoms in total. The van der Waals surface area contributed by atoms with Gasteiger partial charge in [-0.2, -0.15) is 26.3 Å². The fourth-order valence-corrected chi connectivity index (χ4v) is 0.959. The second-order valence-electron chi connectivity index (χ2n) is 2.94. The third kappa shape index (κ3) is 3.89. The van der Waals surface area contributed by atoms with E-state index in [9.17, 15) is 39.5 Å². The van der Waals surface area contributed by atoms with Gasteiger partial charge in [0.2, 0.25) is 0 Å². The summed E-state index contributed by atoms with van der Waals surface area (Å²) in [7, 11) is 0. The van der Waals surface area contributed by atoms with Crippen LogP contribution in [-0.4, -0.2) is 34.5 Å². The second-order valence-corrected chi connectivity index (χ2v) is 5.05. The predicted molar refractivity (Wildman–Crippen MR) is 48.5 cm³/mol. The number of rotatable bonds is 5. The molecule has 0 aromatic carbocycles. The quantitative estimate of drug-likeness (QED) is 0.467. The van der Waals surface area contributed by atoms with E-state index < -0.39 is 34.5 Å². The molecule has 0 aromatic heterocycles. The van der Waals surface area contributed by atoms with Gasteiger partial charge in [0, 0.05) is 0 Å². The highest BCUT2D eigenvalue weighted by Crippen LogP contribution is 2.52. The summed E-state index contributed by atoms with van der Waals surface area (Å²) < 4.78 is 104. The summed E-state index contributed by atoms with van der Waals surface area (Å²) in [6.07, 6.45) is -10.2. The van der Waals surface area contributed by atoms with Crippen molar-refractivity contribution in [2.24, 2.45) is 0 Å². The normalized spacial score (nSPS) is 20.7. The molecule has 0 aliphatic carbocycles. The van der Waals surface area contributed by atoms with Crippen LogP contribution < -0.4 is 0 Å². The maximum atomic E-state index is 13.1. The molecular formula is C6H3Br2F9O. The van der Waals surface area contributed by atoms with Crippen LogP contribution in [0.15, 0.2) is 0 Å². The van der Waals surface area contributed by atoms with Gasteiger partial charge in [-0.15, -0.1) is 0 Å². The molecule has 0 rings (SSSR count). The van der Waals surface area contributed by atoms with Crippen LogP contribution in [0.5, 0.6) is 0 Å². The molecule has 18 heavy (non-hydrogen) atoms. The van der Waals surface area contributed by atoms with E-state index in [1.165, 1.54) is 31.9 Å². The third-order valence-corrected chi connectivity index (χ3v) is 3.75.